The molecule has 0 radical (unpaired) electrons. The number of hydrogen-bond donors (Lipinski definition) is 0. The molecule has 0 aliphatic rings. The van der Waals surface area contributed by atoms with Crippen molar-refractivity contribution in [2.75, 3.05) is 5.75 Å². The highest BCUT2D eigenvalue weighted by atomic mass is 32.2. The van der Waals surface area contributed by atoms with Gasteiger partial charge in [-0.1, -0.05) is 6.92 Å². The van der Waals surface area contributed by atoms with Crippen LogP contribution in [-0.2, 0) is 16.4 Å². The van der Waals surface area contributed by atoms with Gasteiger partial charge in [0.2, 0.25) is 0 Å². The molecular weight excluding hydrogens is 273 g/mol. The molecule has 9 heteroatoms. The van der Waals surface area contributed by atoms with E-state index in [-0.39, 0.29) is 24.0 Å². The van der Waals surface area contributed by atoms with Crippen molar-refractivity contribution < 1.29 is 26.4 Å². The third-order valence-electron chi connectivity index (χ3n) is 2.04. The fourth-order valence-corrected chi connectivity index (χ4v) is 3.08. The normalized spacial score (nSPS) is 12.7. The third kappa shape index (κ3) is 3.31. The molecule has 1 aromatic rings. The number of nitrogens with zero attached hydrogens (tertiary/aromatic N) is 2. The molecule has 5 nitrogen and oxygen atoms in total. The average molecular weight is 284 g/mol. The molecule has 102 valence electrons. The van der Waals surface area contributed by atoms with E-state index in [1.165, 1.54) is 0 Å². The molecule has 0 aliphatic heterocycles. The van der Waals surface area contributed by atoms with Gasteiger partial charge in [0.25, 0.3) is 0 Å². The van der Waals surface area contributed by atoms with Crippen LogP contribution in [0.3, 0.4) is 0 Å². The van der Waals surface area contributed by atoms with E-state index < -0.39 is 27.6 Å². The fraction of sp³-hybridized carbons (Fsp3) is 0.556. The predicted molar refractivity (Wildman–Crippen MR) is 56.0 cm³/mol. The summed E-state index contributed by atoms with van der Waals surface area (Å²) in [6.45, 7) is 0.0295. The summed E-state index contributed by atoms with van der Waals surface area (Å²) in [7, 11) is -3.94. The Morgan fingerprint density at radius 1 is 1.44 bits per heavy atom. The summed E-state index contributed by atoms with van der Waals surface area (Å²) < 4.78 is 60.7. The summed E-state index contributed by atoms with van der Waals surface area (Å²) in [5.74, 6) is -0.336. The van der Waals surface area contributed by atoms with Crippen molar-refractivity contribution in [1.82, 2.24) is 9.78 Å². The van der Waals surface area contributed by atoms with Crippen molar-refractivity contribution >= 4 is 16.1 Å². The third-order valence-corrected chi connectivity index (χ3v) is 4.02. The highest BCUT2D eigenvalue weighted by Gasteiger charge is 2.33. The van der Waals surface area contributed by atoms with Gasteiger partial charge in [0.1, 0.15) is 6.54 Å². The number of hydrogen-bond acceptors (Lipinski definition) is 4. The van der Waals surface area contributed by atoms with Crippen molar-refractivity contribution in [3.05, 3.63) is 11.8 Å². The summed E-state index contributed by atoms with van der Waals surface area (Å²) >= 11 is 0. The van der Waals surface area contributed by atoms with Gasteiger partial charge >= 0.3 is 6.18 Å². The van der Waals surface area contributed by atoms with E-state index in [0.29, 0.717) is 4.68 Å². The van der Waals surface area contributed by atoms with Crippen LogP contribution in [0.15, 0.2) is 11.2 Å². The Bertz CT molecular complexity index is 534. The highest BCUT2D eigenvalue weighted by Crippen LogP contribution is 2.22. The number of alkyl halides is 3. The lowest BCUT2D eigenvalue weighted by molar-refractivity contribution is -0.144. The first-order chi connectivity index (χ1) is 8.21. The summed E-state index contributed by atoms with van der Waals surface area (Å²) in [4.78, 5) is 10.7. The molecule has 0 amide bonds. The second kappa shape index (κ2) is 5.09. The Kier molecular flexibility index (Phi) is 4.15. The zero-order valence-corrected chi connectivity index (χ0v) is 10.3. The van der Waals surface area contributed by atoms with Gasteiger partial charge in [-0.3, -0.25) is 4.79 Å². The topological polar surface area (TPSA) is 69.0 Å². The van der Waals surface area contributed by atoms with E-state index in [9.17, 15) is 26.4 Å². The Morgan fingerprint density at radius 3 is 2.50 bits per heavy atom. The summed E-state index contributed by atoms with van der Waals surface area (Å²) in [6.07, 6.45) is -3.37. The first kappa shape index (κ1) is 14.7. The van der Waals surface area contributed by atoms with E-state index in [0.717, 1.165) is 6.20 Å². The van der Waals surface area contributed by atoms with E-state index >= 15 is 0 Å². The molecule has 1 rings (SSSR count). The molecular formula is C9H11F3N2O3S. The zero-order valence-electron chi connectivity index (χ0n) is 9.44. The van der Waals surface area contributed by atoms with E-state index in [4.69, 9.17) is 0 Å². The molecule has 0 N–H and O–H groups in total. The van der Waals surface area contributed by atoms with E-state index in [2.05, 4.69) is 5.10 Å². The van der Waals surface area contributed by atoms with Crippen molar-refractivity contribution in [2.24, 2.45) is 0 Å². The van der Waals surface area contributed by atoms with Crippen LogP contribution < -0.4 is 0 Å². The fourth-order valence-electron chi connectivity index (χ4n) is 1.46. The molecule has 0 atom stereocenters. The van der Waals surface area contributed by atoms with Gasteiger partial charge in [0, 0.05) is 0 Å². The maximum Gasteiger partial charge on any atom is 0.408 e. The molecule has 1 heterocycles. The number of halogens is 3. The number of carbonyl (C=O) groups excluding carboxylic acids is 1. The summed E-state index contributed by atoms with van der Waals surface area (Å²) in [5.41, 5.74) is -0.354. The number of aromatic nitrogens is 2. The number of carbonyl (C=O) groups is 1. The molecule has 0 saturated heterocycles. The van der Waals surface area contributed by atoms with E-state index in [1.807, 2.05) is 0 Å². The zero-order chi connectivity index (χ0) is 14.0. The SMILES string of the molecule is CCCS(=O)(=O)c1c(C=O)cnn1CC(F)(F)F. The first-order valence-electron chi connectivity index (χ1n) is 5.01. The van der Waals surface area contributed by atoms with Crippen LogP contribution in [-0.4, -0.2) is 36.4 Å². The van der Waals surface area contributed by atoms with Crippen LogP contribution >= 0.6 is 0 Å². The van der Waals surface area contributed by atoms with Crippen molar-refractivity contribution in [3.8, 4) is 0 Å². The van der Waals surface area contributed by atoms with Gasteiger partial charge in [0.05, 0.1) is 17.5 Å². The van der Waals surface area contributed by atoms with Gasteiger partial charge in [-0.15, -0.1) is 0 Å². The largest absolute Gasteiger partial charge is 0.408 e. The highest BCUT2D eigenvalue weighted by molar-refractivity contribution is 7.91. The van der Waals surface area contributed by atoms with Crippen LogP contribution in [0.25, 0.3) is 0 Å². The summed E-state index contributed by atoms with van der Waals surface area (Å²) in [5, 5.41) is 2.64. The van der Waals surface area contributed by atoms with Crippen molar-refractivity contribution in [3.63, 3.8) is 0 Å². The van der Waals surface area contributed by atoms with Gasteiger partial charge in [0.15, 0.2) is 21.1 Å². The lowest BCUT2D eigenvalue weighted by Gasteiger charge is -2.10. The smallest absolute Gasteiger partial charge is 0.298 e. The Hall–Kier alpha value is -1.38. The van der Waals surface area contributed by atoms with Gasteiger partial charge in [-0.05, 0) is 6.42 Å². The molecule has 1 aromatic heterocycles. The van der Waals surface area contributed by atoms with Crippen LogP contribution in [0.1, 0.15) is 23.7 Å². The number of sulfone groups is 1. The van der Waals surface area contributed by atoms with Gasteiger partial charge in [-0.2, -0.15) is 18.3 Å². The van der Waals surface area contributed by atoms with Crippen LogP contribution in [0.5, 0.6) is 0 Å². The molecule has 0 spiro atoms. The minimum Gasteiger partial charge on any atom is -0.298 e. The molecule has 0 bridgehead atoms. The van der Waals surface area contributed by atoms with Crippen molar-refractivity contribution in [2.45, 2.75) is 31.1 Å². The molecule has 0 aliphatic carbocycles. The number of aldehydes is 1. The lowest BCUT2D eigenvalue weighted by Crippen LogP contribution is -2.23. The molecule has 0 unspecified atom stereocenters. The Morgan fingerprint density at radius 2 is 2.06 bits per heavy atom. The molecule has 18 heavy (non-hydrogen) atoms. The summed E-state index contributed by atoms with van der Waals surface area (Å²) in [6, 6.07) is 0. The minimum absolute atomic E-state index is 0.183. The maximum absolute atomic E-state index is 12.3. The molecule has 0 saturated carbocycles. The van der Waals surface area contributed by atoms with Crippen LogP contribution in [0.4, 0.5) is 13.2 Å². The maximum atomic E-state index is 12.3. The molecule has 0 aromatic carbocycles. The standard InChI is InChI=1S/C9H11F3N2O3S/c1-2-3-18(16,17)8-7(5-15)4-13-14(8)6-9(10,11)12/h4-5H,2-3,6H2,1H3. The van der Waals surface area contributed by atoms with Gasteiger partial charge < -0.3 is 0 Å². The number of rotatable bonds is 5. The quantitative estimate of drug-likeness (QED) is 0.767. The Balaban J connectivity index is 3.31. The molecule has 0 fully saturated rings. The second-order valence-corrected chi connectivity index (χ2v) is 5.64. The first-order valence-corrected chi connectivity index (χ1v) is 6.67. The monoisotopic (exact) mass is 284 g/mol. The lowest BCUT2D eigenvalue weighted by atomic mass is 10.4. The second-order valence-electron chi connectivity index (χ2n) is 3.61. The minimum atomic E-state index is -4.61. The van der Waals surface area contributed by atoms with E-state index in [1.54, 1.807) is 6.92 Å². The average Bonchev–Trinajstić information content (AvgIpc) is 2.58. The van der Waals surface area contributed by atoms with Crippen LogP contribution in [0, 0.1) is 0 Å². The Labute approximate surface area is 102 Å². The van der Waals surface area contributed by atoms with Crippen molar-refractivity contribution in [1.29, 1.82) is 0 Å². The van der Waals surface area contributed by atoms with Crippen LogP contribution in [0.2, 0.25) is 0 Å². The van der Waals surface area contributed by atoms with Gasteiger partial charge in [-0.25, -0.2) is 13.1 Å². The predicted octanol–water partition coefficient (Wildman–Crippen LogP) is 1.44.